The number of furan rings is 1. The van der Waals surface area contributed by atoms with Crippen molar-refractivity contribution in [2.45, 2.75) is 18.4 Å². The van der Waals surface area contributed by atoms with Gasteiger partial charge in [-0.15, -0.1) is 0 Å². The topological polar surface area (TPSA) is 85.4 Å². The summed E-state index contributed by atoms with van der Waals surface area (Å²) in [7, 11) is 0. The predicted octanol–water partition coefficient (Wildman–Crippen LogP) is 4.93. The molecule has 1 heterocycles. The van der Waals surface area contributed by atoms with Gasteiger partial charge in [-0.3, -0.25) is 14.9 Å². The van der Waals surface area contributed by atoms with Crippen LogP contribution in [0.3, 0.4) is 0 Å². The zero-order chi connectivity index (χ0) is 19.8. The second-order valence-corrected chi connectivity index (χ2v) is 6.97. The number of hydrogen-bond donors (Lipinski definition) is 1. The van der Waals surface area contributed by atoms with Gasteiger partial charge in [0.1, 0.15) is 11.6 Å². The van der Waals surface area contributed by atoms with Gasteiger partial charge in [0.05, 0.1) is 9.95 Å². The number of rotatable bonds is 5. The molecule has 2 atom stereocenters. The van der Waals surface area contributed by atoms with E-state index in [2.05, 4.69) is 5.32 Å². The van der Waals surface area contributed by atoms with Gasteiger partial charge in [-0.25, -0.2) is 4.39 Å². The third-order valence-electron chi connectivity index (χ3n) is 4.66. The molecule has 1 aliphatic carbocycles. The van der Waals surface area contributed by atoms with Crippen molar-refractivity contribution in [1.29, 1.82) is 0 Å². The fourth-order valence-electron chi connectivity index (χ4n) is 3.09. The van der Waals surface area contributed by atoms with Crippen LogP contribution in [0.15, 0.2) is 59.0 Å². The number of carbonyl (C=O) groups is 1. The first-order chi connectivity index (χ1) is 13.4. The van der Waals surface area contributed by atoms with Gasteiger partial charge in [-0.05, 0) is 42.3 Å². The van der Waals surface area contributed by atoms with Crippen LogP contribution in [0.1, 0.15) is 28.5 Å². The fourth-order valence-corrected chi connectivity index (χ4v) is 3.36. The van der Waals surface area contributed by atoms with Crippen LogP contribution >= 0.6 is 11.6 Å². The molecule has 0 bridgehead atoms. The molecule has 0 unspecified atom stereocenters. The fraction of sp³-hybridized carbons (Fsp3) is 0.150. The van der Waals surface area contributed by atoms with Gasteiger partial charge >= 0.3 is 0 Å². The normalized spacial score (nSPS) is 17.9. The first-order valence-corrected chi connectivity index (χ1v) is 8.90. The van der Waals surface area contributed by atoms with Gasteiger partial charge in [0, 0.05) is 29.7 Å². The monoisotopic (exact) mass is 400 g/mol. The van der Waals surface area contributed by atoms with E-state index < -0.39 is 4.92 Å². The molecule has 0 saturated heterocycles. The van der Waals surface area contributed by atoms with Crippen molar-refractivity contribution in [2.75, 3.05) is 0 Å². The number of nitro benzene ring substituents is 1. The molecule has 6 nitrogen and oxygen atoms in total. The van der Waals surface area contributed by atoms with Gasteiger partial charge in [0.2, 0.25) is 0 Å². The molecule has 0 radical (unpaired) electrons. The number of hydrogen-bond acceptors (Lipinski definition) is 4. The third kappa shape index (κ3) is 3.61. The summed E-state index contributed by atoms with van der Waals surface area (Å²) >= 11 is 6.10. The van der Waals surface area contributed by atoms with E-state index in [0.29, 0.717) is 11.3 Å². The lowest BCUT2D eigenvalue weighted by Crippen LogP contribution is -2.26. The molecule has 0 spiro atoms. The van der Waals surface area contributed by atoms with E-state index in [4.69, 9.17) is 16.0 Å². The second-order valence-electron chi connectivity index (χ2n) is 6.56. The van der Waals surface area contributed by atoms with Crippen molar-refractivity contribution < 1.29 is 18.5 Å². The maximum absolute atomic E-state index is 13.0. The van der Waals surface area contributed by atoms with E-state index in [9.17, 15) is 19.3 Å². The molecule has 1 aromatic heterocycles. The molecule has 1 amide bonds. The molecule has 142 valence electrons. The predicted molar refractivity (Wildman–Crippen MR) is 101 cm³/mol. The van der Waals surface area contributed by atoms with Crippen molar-refractivity contribution in [1.82, 2.24) is 5.32 Å². The molecular formula is C20H14ClFN2O4. The van der Waals surface area contributed by atoms with E-state index in [-0.39, 0.29) is 40.2 Å². The number of amides is 1. The number of halogens is 2. The van der Waals surface area contributed by atoms with E-state index in [1.807, 2.05) is 0 Å². The van der Waals surface area contributed by atoms with Crippen LogP contribution in [0.2, 0.25) is 5.02 Å². The maximum atomic E-state index is 13.0. The Kier molecular flexibility index (Phi) is 4.60. The summed E-state index contributed by atoms with van der Waals surface area (Å²) in [6.07, 6.45) is 0.777. The number of benzene rings is 2. The summed E-state index contributed by atoms with van der Waals surface area (Å²) in [5.74, 6) is -0.0369. The lowest BCUT2D eigenvalue weighted by atomic mass is 10.1. The Morgan fingerprint density at radius 1 is 1.18 bits per heavy atom. The van der Waals surface area contributed by atoms with Crippen LogP contribution in [-0.4, -0.2) is 16.9 Å². The minimum Gasteiger partial charge on any atom is -0.451 e. The van der Waals surface area contributed by atoms with E-state index in [1.165, 1.54) is 36.4 Å². The molecular weight excluding hydrogens is 387 g/mol. The lowest BCUT2D eigenvalue weighted by Gasteiger charge is -2.04. The maximum Gasteiger partial charge on any atom is 0.287 e. The van der Waals surface area contributed by atoms with Crippen LogP contribution < -0.4 is 5.32 Å². The van der Waals surface area contributed by atoms with Crippen molar-refractivity contribution in [3.8, 4) is 11.3 Å². The van der Waals surface area contributed by atoms with E-state index in [0.717, 1.165) is 12.0 Å². The molecule has 2 aromatic carbocycles. The first-order valence-electron chi connectivity index (χ1n) is 8.53. The van der Waals surface area contributed by atoms with Gasteiger partial charge in [-0.1, -0.05) is 23.7 Å². The van der Waals surface area contributed by atoms with Crippen molar-refractivity contribution in [3.63, 3.8) is 0 Å². The Labute approximate surface area is 164 Å². The highest BCUT2D eigenvalue weighted by molar-refractivity contribution is 6.33. The molecule has 1 aliphatic rings. The van der Waals surface area contributed by atoms with Crippen LogP contribution in [-0.2, 0) is 0 Å². The summed E-state index contributed by atoms with van der Waals surface area (Å²) in [5.41, 5.74) is 1.31. The summed E-state index contributed by atoms with van der Waals surface area (Å²) < 4.78 is 18.6. The molecule has 4 rings (SSSR count). The Morgan fingerprint density at radius 3 is 2.61 bits per heavy atom. The van der Waals surface area contributed by atoms with E-state index in [1.54, 1.807) is 18.2 Å². The lowest BCUT2D eigenvalue weighted by molar-refractivity contribution is -0.384. The number of carbonyl (C=O) groups excluding carboxylic acids is 1. The number of nitrogens with one attached hydrogen (secondary N) is 1. The van der Waals surface area contributed by atoms with Crippen molar-refractivity contribution in [3.05, 3.63) is 86.9 Å². The number of non-ortho nitro benzene ring substituents is 1. The van der Waals surface area contributed by atoms with Crippen molar-refractivity contribution >= 4 is 23.2 Å². The van der Waals surface area contributed by atoms with Crippen LogP contribution in [0.25, 0.3) is 11.3 Å². The highest BCUT2D eigenvalue weighted by Gasteiger charge is 2.40. The largest absolute Gasteiger partial charge is 0.451 e. The zero-order valence-electron chi connectivity index (χ0n) is 14.4. The number of nitrogens with zero attached hydrogens (tertiary/aromatic N) is 1. The minimum absolute atomic E-state index is 0.0329. The van der Waals surface area contributed by atoms with Gasteiger partial charge in [0.25, 0.3) is 11.6 Å². The minimum atomic E-state index is -0.538. The van der Waals surface area contributed by atoms with Crippen LogP contribution in [0, 0.1) is 15.9 Å². The summed E-state index contributed by atoms with van der Waals surface area (Å²) in [5, 5.41) is 13.8. The molecule has 0 aliphatic heterocycles. The quantitative estimate of drug-likeness (QED) is 0.486. The van der Waals surface area contributed by atoms with Gasteiger partial charge in [0.15, 0.2) is 5.76 Å². The molecule has 1 N–H and O–H groups in total. The Hall–Kier alpha value is -3.19. The highest BCUT2D eigenvalue weighted by Crippen LogP contribution is 2.41. The number of nitro groups is 1. The Bertz CT molecular complexity index is 1060. The SMILES string of the molecule is O=C(N[C@H]1C[C@H]1c1ccc(F)cc1)c1ccc(-c2ccc([N+](=O)[O-])cc2Cl)o1. The van der Waals surface area contributed by atoms with Crippen LogP contribution in [0.4, 0.5) is 10.1 Å². The third-order valence-corrected chi connectivity index (χ3v) is 4.98. The average Bonchev–Trinajstić information content (AvgIpc) is 3.25. The van der Waals surface area contributed by atoms with Gasteiger partial charge < -0.3 is 9.73 Å². The van der Waals surface area contributed by atoms with Crippen molar-refractivity contribution in [2.24, 2.45) is 0 Å². The molecule has 1 fully saturated rings. The molecule has 3 aromatic rings. The standard InChI is InChI=1S/C20H14ClFN2O4/c21-16-9-13(24(26)27)5-6-14(16)18-7-8-19(28-18)20(25)23-17-10-15(17)11-1-3-12(22)4-2-11/h1-9,15,17H,10H2,(H,23,25)/t15-,17-/m0/s1. The zero-order valence-corrected chi connectivity index (χ0v) is 15.2. The summed E-state index contributed by atoms with van der Waals surface area (Å²) in [6.45, 7) is 0. The summed E-state index contributed by atoms with van der Waals surface area (Å²) in [6, 6.07) is 13.4. The van der Waals surface area contributed by atoms with Crippen LogP contribution in [0.5, 0.6) is 0 Å². The van der Waals surface area contributed by atoms with Gasteiger partial charge in [-0.2, -0.15) is 0 Å². The molecule has 8 heteroatoms. The second kappa shape index (κ2) is 7.09. The first kappa shape index (κ1) is 18.2. The Morgan fingerprint density at radius 2 is 1.93 bits per heavy atom. The highest BCUT2D eigenvalue weighted by atomic mass is 35.5. The summed E-state index contributed by atoms with van der Waals surface area (Å²) in [4.78, 5) is 22.7. The average molecular weight is 401 g/mol. The Balaban J connectivity index is 1.44. The molecule has 28 heavy (non-hydrogen) atoms. The smallest absolute Gasteiger partial charge is 0.287 e. The van der Waals surface area contributed by atoms with E-state index >= 15 is 0 Å². The molecule has 1 saturated carbocycles.